The zero-order valence-corrected chi connectivity index (χ0v) is 11.7. The number of nitrogens with zero attached hydrogens (tertiary/aromatic N) is 1. The van der Waals surface area contributed by atoms with Gasteiger partial charge in [0.15, 0.2) is 0 Å². The smallest absolute Gasteiger partial charge is 0.263 e. The molecule has 0 aliphatic rings. The fourth-order valence-electron chi connectivity index (χ4n) is 1.32. The molecule has 1 aromatic carbocycles. The minimum absolute atomic E-state index is 0.0342. The lowest BCUT2D eigenvalue weighted by Crippen LogP contribution is -2.15. The van der Waals surface area contributed by atoms with Gasteiger partial charge in [-0.1, -0.05) is 0 Å². The molecule has 1 N–H and O–H groups in total. The van der Waals surface area contributed by atoms with Crippen LogP contribution in [0.15, 0.2) is 45.9 Å². The first-order valence-electron chi connectivity index (χ1n) is 4.98. The molecule has 0 unspecified atom stereocenters. The van der Waals surface area contributed by atoms with Gasteiger partial charge in [0.1, 0.15) is 22.3 Å². The third-order valence-corrected chi connectivity index (χ3v) is 4.01. The normalized spacial score (nSPS) is 11.3. The van der Waals surface area contributed by atoms with Gasteiger partial charge in [0.25, 0.3) is 10.0 Å². The minimum Gasteiger partial charge on any atom is -0.263 e. The van der Waals surface area contributed by atoms with E-state index in [0.29, 0.717) is 10.5 Å². The van der Waals surface area contributed by atoms with Crippen LogP contribution in [-0.2, 0) is 10.0 Å². The summed E-state index contributed by atoms with van der Waals surface area (Å²) in [4.78, 5) is 3.16. The second-order valence-corrected chi connectivity index (χ2v) is 6.11. The van der Waals surface area contributed by atoms with Crippen molar-refractivity contribution in [1.29, 1.82) is 0 Å². The number of hydrogen-bond acceptors (Lipinski definition) is 3. The summed E-state index contributed by atoms with van der Waals surface area (Å²) >= 11 is 3.15. The molecule has 2 aromatic rings. The number of nitrogens with one attached hydrogen (secondary N) is 1. The van der Waals surface area contributed by atoms with Gasteiger partial charge in [0.2, 0.25) is 0 Å². The van der Waals surface area contributed by atoms with E-state index < -0.39 is 26.6 Å². The van der Waals surface area contributed by atoms with E-state index in [-0.39, 0.29) is 5.82 Å². The Hall–Kier alpha value is -1.54. The largest absolute Gasteiger partial charge is 0.265 e. The Kier molecular flexibility index (Phi) is 3.81. The third-order valence-electron chi connectivity index (χ3n) is 2.15. The average Bonchev–Trinajstić information content (AvgIpc) is 2.31. The van der Waals surface area contributed by atoms with Gasteiger partial charge < -0.3 is 0 Å². The van der Waals surface area contributed by atoms with Crippen LogP contribution >= 0.6 is 15.9 Å². The second-order valence-electron chi connectivity index (χ2n) is 3.54. The average molecular weight is 349 g/mol. The van der Waals surface area contributed by atoms with Crippen molar-refractivity contribution in [1.82, 2.24) is 4.98 Å². The monoisotopic (exact) mass is 348 g/mol. The highest BCUT2D eigenvalue weighted by Gasteiger charge is 2.20. The zero-order valence-electron chi connectivity index (χ0n) is 9.27. The topological polar surface area (TPSA) is 59.1 Å². The standard InChI is InChI=1S/C11H7BrF2N2O2S/c12-7-1-4-11(15-6-7)16-19(17,18)10-3-2-8(13)5-9(10)14/h1-6H,(H,15,16). The molecule has 0 atom stereocenters. The SMILES string of the molecule is O=S(=O)(Nc1ccc(Br)cn1)c1ccc(F)cc1F. The molecule has 0 fully saturated rings. The Morgan fingerprint density at radius 2 is 1.89 bits per heavy atom. The molecular formula is C11H7BrF2N2O2S. The molecule has 8 heteroatoms. The van der Waals surface area contributed by atoms with Crippen molar-refractivity contribution in [2.45, 2.75) is 4.90 Å². The fraction of sp³-hybridized carbons (Fsp3) is 0. The van der Waals surface area contributed by atoms with E-state index in [2.05, 4.69) is 25.6 Å². The first-order valence-corrected chi connectivity index (χ1v) is 7.25. The van der Waals surface area contributed by atoms with Crippen LogP contribution in [0, 0.1) is 11.6 Å². The Labute approximate surface area is 116 Å². The van der Waals surface area contributed by atoms with Crippen LogP contribution in [0.1, 0.15) is 0 Å². The van der Waals surface area contributed by atoms with Gasteiger partial charge in [0, 0.05) is 16.7 Å². The molecule has 0 radical (unpaired) electrons. The molecule has 0 saturated heterocycles. The summed E-state index contributed by atoms with van der Waals surface area (Å²) in [5, 5.41) is 0. The lowest BCUT2D eigenvalue weighted by molar-refractivity contribution is 0.551. The summed E-state index contributed by atoms with van der Waals surface area (Å²) in [6, 6.07) is 5.21. The number of halogens is 3. The van der Waals surface area contributed by atoms with Crippen LogP contribution in [0.2, 0.25) is 0 Å². The first kappa shape index (κ1) is 13.9. The maximum absolute atomic E-state index is 13.4. The Morgan fingerprint density at radius 3 is 2.47 bits per heavy atom. The highest BCUT2D eigenvalue weighted by atomic mass is 79.9. The van der Waals surface area contributed by atoms with E-state index in [1.807, 2.05) is 0 Å². The van der Waals surface area contributed by atoms with Gasteiger partial charge in [-0.3, -0.25) is 4.72 Å². The highest BCUT2D eigenvalue weighted by Crippen LogP contribution is 2.19. The van der Waals surface area contributed by atoms with Crippen molar-refractivity contribution in [3.63, 3.8) is 0 Å². The van der Waals surface area contributed by atoms with E-state index >= 15 is 0 Å². The van der Waals surface area contributed by atoms with Crippen LogP contribution < -0.4 is 4.72 Å². The Bertz CT molecular complexity index is 705. The molecule has 0 saturated carbocycles. The van der Waals surface area contributed by atoms with Crippen molar-refractivity contribution in [3.05, 3.63) is 52.6 Å². The lowest BCUT2D eigenvalue weighted by Gasteiger charge is -2.08. The van der Waals surface area contributed by atoms with E-state index in [9.17, 15) is 17.2 Å². The number of hydrogen-bond donors (Lipinski definition) is 1. The van der Waals surface area contributed by atoms with Crippen LogP contribution in [0.25, 0.3) is 0 Å². The zero-order chi connectivity index (χ0) is 14.0. The molecule has 0 aliphatic heterocycles. The lowest BCUT2D eigenvalue weighted by atomic mass is 10.3. The maximum Gasteiger partial charge on any atom is 0.265 e. The van der Waals surface area contributed by atoms with Crippen LogP contribution in [0.4, 0.5) is 14.6 Å². The summed E-state index contributed by atoms with van der Waals surface area (Å²) in [6.07, 6.45) is 1.39. The number of anilines is 1. The molecule has 1 aromatic heterocycles. The van der Waals surface area contributed by atoms with Gasteiger partial charge in [-0.2, -0.15) is 0 Å². The van der Waals surface area contributed by atoms with Crippen LogP contribution in [0.3, 0.4) is 0 Å². The van der Waals surface area contributed by atoms with Gasteiger partial charge in [-0.15, -0.1) is 0 Å². The summed E-state index contributed by atoms with van der Waals surface area (Å²) in [6.45, 7) is 0. The van der Waals surface area contributed by atoms with Crippen molar-refractivity contribution in [3.8, 4) is 0 Å². The predicted molar refractivity (Wildman–Crippen MR) is 69.1 cm³/mol. The summed E-state index contributed by atoms with van der Waals surface area (Å²) < 4.78 is 52.7. The van der Waals surface area contributed by atoms with Crippen LogP contribution in [0.5, 0.6) is 0 Å². The quantitative estimate of drug-likeness (QED) is 0.927. The number of aromatic nitrogens is 1. The molecule has 0 spiro atoms. The number of benzene rings is 1. The summed E-state index contributed by atoms with van der Waals surface area (Å²) in [5.74, 6) is -1.98. The fourth-order valence-corrected chi connectivity index (χ4v) is 2.63. The van der Waals surface area contributed by atoms with E-state index in [1.54, 1.807) is 6.07 Å². The molecule has 1 heterocycles. The summed E-state index contributed by atoms with van der Waals surface area (Å²) in [7, 11) is -4.14. The summed E-state index contributed by atoms with van der Waals surface area (Å²) in [5.41, 5.74) is 0. The van der Waals surface area contributed by atoms with E-state index in [0.717, 1.165) is 12.1 Å². The maximum atomic E-state index is 13.4. The van der Waals surface area contributed by atoms with Gasteiger partial charge in [-0.25, -0.2) is 22.2 Å². The van der Waals surface area contributed by atoms with E-state index in [1.165, 1.54) is 12.3 Å². The number of rotatable bonds is 3. The minimum atomic E-state index is -4.14. The second kappa shape index (κ2) is 5.22. The number of sulfonamides is 1. The Morgan fingerprint density at radius 1 is 1.16 bits per heavy atom. The van der Waals surface area contributed by atoms with Crippen molar-refractivity contribution in [2.24, 2.45) is 0 Å². The van der Waals surface area contributed by atoms with Gasteiger partial charge in [0.05, 0.1) is 0 Å². The molecule has 0 aliphatic carbocycles. The van der Waals surface area contributed by atoms with Crippen molar-refractivity contribution >= 4 is 31.8 Å². The van der Waals surface area contributed by atoms with Gasteiger partial charge in [-0.05, 0) is 40.2 Å². The molecule has 4 nitrogen and oxygen atoms in total. The number of pyridine rings is 1. The molecule has 0 bridgehead atoms. The van der Waals surface area contributed by atoms with Crippen molar-refractivity contribution in [2.75, 3.05) is 4.72 Å². The first-order chi connectivity index (χ1) is 8.88. The molecule has 19 heavy (non-hydrogen) atoms. The Balaban J connectivity index is 2.35. The highest BCUT2D eigenvalue weighted by molar-refractivity contribution is 9.10. The van der Waals surface area contributed by atoms with Crippen LogP contribution in [-0.4, -0.2) is 13.4 Å². The van der Waals surface area contributed by atoms with E-state index in [4.69, 9.17) is 0 Å². The van der Waals surface area contributed by atoms with Crippen molar-refractivity contribution < 1.29 is 17.2 Å². The third kappa shape index (κ3) is 3.27. The molecule has 0 amide bonds. The van der Waals surface area contributed by atoms with Gasteiger partial charge >= 0.3 is 0 Å². The molecular weight excluding hydrogens is 342 g/mol. The molecule has 2 rings (SSSR count). The molecule has 100 valence electrons. The predicted octanol–water partition coefficient (Wildman–Crippen LogP) is 2.92.